The van der Waals surface area contributed by atoms with Crippen molar-refractivity contribution in [2.24, 2.45) is 0 Å². The van der Waals surface area contributed by atoms with Crippen LogP contribution in [0.25, 0.3) is 0 Å². The highest BCUT2D eigenvalue weighted by molar-refractivity contribution is 5.81. The minimum atomic E-state index is -0.920. The molecule has 1 amide bonds. The maximum Gasteiger partial charge on any atom is 0.303 e. The molecular weight excluding hydrogens is 222 g/mol. The second-order valence-corrected chi connectivity index (χ2v) is 4.29. The van der Waals surface area contributed by atoms with E-state index in [0.29, 0.717) is 13.2 Å². The fourth-order valence-electron chi connectivity index (χ4n) is 2.11. The van der Waals surface area contributed by atoms with Gasteiger partial charge < -0.3 is 14.7 Å². The van der Waals surface area contributed by atoms with Crippen molar-refractivity contribution in [1.82, 2.24) is 4.90 Å². The van der Waals surface area contributed by atoms with Gasteiger partial charge in [-0.25, -0.2) is 0 Å². The Balaban J connectivity index is 2.45. The lowest BCUT2D eigenvalue weighted by Crippen LogP contribution is -2.46. The monoisotopic (exact) mass is 243 g/mol. The summed E-state index contributed by atoms with van der Waals surface area (Å²) in [6, 6.07) is 0.130. The van der Waals surface area contributed by atoms with E-state index in [4.69, 9.17) is 9.84 Å². The van der Waals surface area contributed by atoms with Crippen molar-refractivity contribution in [3.8, 4) is 0 Å². The van der Waals surface area contributed by atoms with E-state index >= 15 is 0 Å². The molecule has 1 atom stereocenters. The third-order valence-corrected chi connectivity index (χ3v) is 3.01. The van der Waals surface area contributed by atoms with Gasteiger partial charge in [-0.15, -0.1) is 0 Å². The standard InChI is InChI=1S/C12H21NO4/c1-2-17-9-10-5-3-4-8-13(10)11(14)6-7-12(15)16/h10H,2-9H2,1H3,(H,15,16). The largest absolute Gasteiger partial charge is 0.481 e. The normalized spacial score (nSPS) is 20.3. The number of ether oxygens (including phenoxy) is 1. The Kier molecular flexibility index (Phi) is 5.97. The maximum atomic E-state index is 11.9. The summed E-state index contributed by atoms with van der Waals surface area (Å²) in [5.41, 5.74) is 0. The number of amides is 1. The molecule has 17 heavy (non-hydrogen) atoms. The Morgan fingerprint density at radius 1 is 1.35 bits per heavy atom. The Bertz CT molecular complexity index is 267. The first-order valence-corrected chi connectivity index (χ1v) is 6.24. The van der Waals surface area contributed by atoms with Gasteiger partial charge in [0.25, 0.3) is 0 Å². The minimum Gasteiger partial charge on any atom is -0.481 e. The number of carboxylic acids is 1. The number of carbonyl (C=O) groups is 2. The van der Waals surface area contributed by atoms with Crippen LogP contribution in [0.3, 0.4) is 0 Å². The lowest BCUT2D eigenvalue weighted by Gasteiger charge is -2.35. The van der Waals surface area contributed by atoms with Gasteiger partial charge in [-0.1, -0.05) is 0 Å². The number of rotatable bonds is 6. The van der Waals surface area contributed by atoms with E-state index < -0.39 is 5.97 Å². The van der Waals surface area contributed by atoms with Crippen molar-refractivity contribution < 1.29 is 19.4 Å². The predicted molar refractivity (Wildman–Crippen MR) is 62.7 cm³/mol. The zero-order chi connectivity index (χ0) is 12.7. The van der Waals surface area contributed by atoms with Crippen molar-refractivity contribution in [3.05, 3.63) is 0 Å². The summed E-state index contributed by atoms with van der Waals surface area (Å²) in [5.74, 6) is -0.978. The van der Waals surface area contributed by atoms with E-state index in [1.54, 1.807) is 4.90 Å². The first-order chi connectivity index (χ1) is 8.15. The molecule has 1 heterocycles. The molecule has 0 bridgehead atoms. The molecule has 0 aromatic carbocycles. The van der Waals surface area contributed by atoms with Gasteiger partial charge in [0.05, 0.1) is 19.1 Å². The second-order valence-electron chi connectivity index (χ2n) is 4.29. The highest BCUT2D eigenvalue weighted by atomic mass is 16.5. The second kappa shape index (κ2) is 7.27. The van der Waals surface area contributed by atoms with Crippen LogP contribution in [0.4, 0.5) is 0 Å². The molecule has 0 radical (unpaired) electrons. The average Bonchev–Trinajstić information content (AvgIpc) is 2.33. The summed E-state index contributed by atoms with van der Waals surface area (Å²) in [4.78, 5) is 24.1. The molecule has 0 aromatic rings. The number of carboxylic acid groups (broad SMARTS) is 1. The van der Waals surface area contributed by atoms with E-state index in [9.17, 15) is 9.59 Å². The van der Waals surface area contributed by atoms with Gasteiger partial charge in [0, 0.05) is 19.6 Å². The summed E-state index contributed by atoms with van der Waals surface area (Å²) < 4.78 is 5.37. The van der Waals surface area contributed by atoms with Crippen LogP contribution >= 0.6 is 0 Å². The Labute approximate surface area is 102 Å². The number of hydrogen-bond acceptors (Lipinski definition) is 3. The first kappa shape index (κ1) is 14.0. The van der Waals surface area contributed by atoms with Crippen LogP contribution in [-0.4, -0.2) is 47.7 Å². The summed E-state index contributed by atoms with van der Waals surface area (Å²) in [6.45, 7) is 3.87. The van der Waals surface area contributed by atoms with Crippen LogP contribution in [0.5, 0.6) is 0 Å². The summed E-state index contributed by atoms with van der Waals surface area (Å²) >= 11 is 0. The topological polar surface area (TPSA) is 66.8 Å². The SMILES string of the molecule is CCOCC1CCCCN1C(=O)CCC(=O)O. The molecule has 1 rings (SSSR count). The first-order valence-electron chi connectivity index (χ1n) is 6.24. The number of aliphatic carboxylic acids is 1. The van der Waals surface area contributed by atoms with E-state index in [1.165, 1.54) is 0 Å². The summed E-state index contributed by atoms with van der Waals surface area (Å²) in [5, 5.41) is 8.57. The Morgan fingerprint density at radius 2 is 2.12 bits per heavy atom. The van der Waals surface area contributed by atoms with Gasteiger partial charge in [-0.2, -0.15) is 0 Å². The number of carbonyl (C=O) groups excluding carboxylic acids is 1. The number of likely N-dealkylation sites (tertiary alicyclic amines) is 1. The zero-order valence-electron chi connectivity index (χ0n) is 10.4. The molecule has 0 spiro atoms. The third kappa shape index (κ3) is 4.73. The van der Waals surface area contributed by atoms with Gasteiger partial charge in [-0.05, 0) is 26.2 Å². The lowest BCUT2D eigenvalue weighted by molar-refractivity contribution is -0.143. The molecular formula is C12H21NO4. The molecule has 0 aromatic heterocycles. The predicted octanol–water partition coefficient (Wildman–Crippen LogP) is 1.27. The molecule has 1 N–H and O–H groups in total. The van der Waals surface area contributed by atoms with Crippen LogP contribution in [0.1, 0.15) is 39.0 Å². The molecule has 0 saturated carbocycles. The highest BCUT2D eigenvalue weighted by Crippen LogP contribution is 2.18. The van der Waals surface area contributed by atoms with E-state index in [-0.39, 0.29) is 24.8 Å². The van der Waals surface area contributed by atoms with Gasteiger partial charge in [0.1, 0.15) is 0 Å². The van der Waals surface area contributed by atoms with Gasteiger partial charge in [-0.3, -0.25) is 9.59 Å². The van der Waals surface area contributed by atoms with Crippen LogP contribution in [0.15, 0.2) is 0 Å². The van der Waals surface area contributed by atoms with E-state index in [1.807, 2.05) is 6.92 Å². The molecule has 0 aliphatic carbocycles. The third-order valence-electron chi connectivity index (χ3n) is 3.01. The fourth-order valence-corrected chi connectivity index (χ4v) is 2.11. The van der Waals surface area contributed by atoms with Gasteiger partial charge >= 0.3 is 5.97 Å². The van der Waals surface area contributed by atoms with Crippen LogP contribution in [0, 0.1) is 0 Å². The summed E-state index contributed by atoms with van der Waals surface area (Å²) in [7, 11) is 0. The lowest BCUT2D eigenvalue weighted by atomic mass is 10.0. The smallest absolute Gasteiger partial charge is 0.303 e. The molecule has 1 fully saturated rings. The van der Waals surface area contributed by atoms with Crippen LogP contribution in [-0.2, 0) is 14.3 Å². The van der Waals surface area contributed by atoms with Crippen molar-refractivity contribution in [2.45, 2.75) is 45.1 Å². The summed E-state index contributed by atoms with van der Waals surface area (Å²) in [6.07, 6.45) is 3.08. The maximum absolute atomic E-state index is 11.9. The van der Waals surface area contributed by atoms with E-state index in [0.717, 1.165) is 25.8 Å². The minimum absolute atomic E-state index is 0.0585. The fraction of sp³-hybridized carbons (Fsp3) is 0.833. The highest BCUT2D eigenvalue weighted by Gasteiger charge is 2.26. The van der Waals surface area contributed by atoms with Crippen molar-refractivity contribution >= 4 is 11.9 Å². The molecule has 1 aliphatic heterocycles. The van der Waals surface area contributed by atoms with Crippen molar-refractivity contribution in [1.29, 1.82) is 0 Å². The molecule has 1 saturated heterocycles. The molecule has 98 valence electrons. The van der Waals surface area contributed by atoms with Gasteiger partial charge in [0.2, 0.25) is 5.91 Å². The van der Waals surface area contributed by atoms with Crippen molar-refractivity contribution in [2.75, 3.05) is 19.8 Å². The van der Waals surface area contributed by atoms with Crippen molar-refractivity contribution in [3.63, 3.8) is 0 Å². The van der Waals surface area contributed by atoms with Crippen LogP contribution in [0.2, 0.25) is 0 Å². The average molecular weight is 243 g/mol. The van der Waals surface area contributed by atoms with Gasteiger partial charge in [0.15, 0.2) is 0 Å². The number of hydrogen-bond donors (Lipinski definition) is 1. The number of nitrogens with zero attached hydrogens (tertiary/aromatic N) is 1. The van der Waals surface area contributed by atoms with Crippen LogP contribution < -0.4 is 0 Å². The Morgan fingerprint density at radius 3 is 2.76 bits per heavy atom. The Hall–Kier alpha value is -1.10. The molecule has 1 aliphatic rings. The zero-order valence-corrected chi connectivity index (χ0v) is 10.4. The quantitative estimate of drug-likeness (QED) is 0.763. The number of piperidine rings is 1. The molecule has 5 heteroatoms. The molecule has 5 nitrogen and oxygen atoms in total. The van der Waals surface area contributed by atoms with E-state index in [2.05, 4.69) is 0 Å². The molecule has 1 unspecified atom stereocenters.